The number of nitrogen functional groups attached to an aromatic ring is 1. The third-order valence-electron chi connectivity index (χ3n) is 39.2. The molecule has 21 nitrogen and oxygen atoms in total. The first kappa shape index (κ1) is 99.5. The van der Waals surface area contributed by atoms with Crippen molar-refractivity contribution in [3.63, 3.8) is 0 Å². The van der Waals surface area contributed by atoms with Crippen molar-refractivity contribution in [2.24, 2.45) is 144 Å². The number of aliphatic carboxylic acids is 1. The molecule has 0 bridgehead atoms. The van der Waals surface area contributed by atoms with Crippen LogP contribution in [0, 0.1) is 138 Å². The summed E-state index contributed by atoms with van der Waals surface area (Å²) >= 11 is 23.9. The summed E-state index contributed by atoms with van der Waals surface area (Å²) < 4.78 is 37.0. The van der Waals surface area contributed by atoms with Gasteiger partial charge in [0.1, 0.15) is 17.5 Å². The second-order valence-electron chi connectivity index (χ2n) is 43.8. The van der Waals surface area contributed by atoms with Crippen molar-refractivity contribution in [3.05, 3.63) is 111 Å². The lowest BCUT2D eigenvalue weighted by molar-refractivity contribution is -0.156. The number of imidazole rings is 3. The first-order chi connectivity index (χ1) is 62.0. The molecule has 7 N–H and O–H groups in total. The van der Waals surface area contributed by atoms with E-state index in [1.54, 1.807) is 37.4 Å². The maximum absolute atomic E-state index is 13.5. The summed E-state index contributed by atoms with van der Waals surface area (Å²) in [5.74, 6) is 12.3. The smallest absolute Gasteiger partial charge is 0.309 e. The number of halogens is 6. The van der Waals surface area contributed by atoms with Crippen LogP contribution in [-0.2, 0) is 71.4 Å². The fourth-order valence-electron chi connectivity index (χ4n) is 32.8. The number of carboxylic acids is 1. The molecule has 28 heteroatoms. The molecule has 4 aliphatic heterocycles. The van der Waals surface area contributed by atoms with Crippen molar-refractivity contribution in [3.8, 4) is 0 Å². The molecule has 16 aliphatic rings. The van der Waals surface area contributed by atoms with Crippen LogP contribution >= 0.6 is 67.8 Å². The number of carboxylic acid groups (broad SMARTS) is 1. The Bertz CT molecular complexity index is 4830. The zero-order valence-corrected chi connectivity index (χ0v) is 84.2. The third kappa shape index (κ3) is 18.2. The number of para-hydroxylation sites is 2. The number of carbonyl (C=O) groups excluding carboxylic acids is 4. The van der Waals surface area contributed by atoms with E-state index in [9.17, 15) is 29.1 Å². The van der Waals surface area contributed by atoms with Crippen LogP contribution in [0.25, 0.3) is 0 Å². The Morgan fingerprint density at radius 2 is 0.792 bits per heavy atom. The number of piperidine rings is 1. The maximum atomic E-state index is 13.5. The number of carbonyl (C=O) groups is 5. The van der Waals surface area contributed by atoms with Crippen LogP contribution in [0.15, 0.2) is 73.6 Å². The average molecular weight is 1930 g/mol. The van der Waals surface area contributed by atoms with Crippen molar-refractivity contribution >= 4 is 118 Å². The molecule has 13 fully saturated rings. The summed E-state index contributed by atoms with van der Waals surface area (Å²) in [6, 6.07) is 12.7. The zero-order chi connectivity index (χ0) is 93.1. The van der Waals surface area contributed by atoms with Gasteiger partial charge in [-0.2, -0.15) is 0 Å². The van der Waals surface area contributed by atoms with Crippen molar-refractivity contribution in [1.29, 1.82) is 0 Å². The predicted octanol–water partition coefficient (Wildman–Crippen LogP) is 23.2. The van der Waals surface area contributed by atoms with Gasteiger partial charge in [0.25, 0.3) is 0 Å². The van der Waals surface area contributed by atoms with Gasteiger partial charge in [-0.3, -0.25) is 24.0 Å². The number of nitrogens with zero attached hydrogens (tertiary/aromatic N) is 6. The van der Waals surface area contributed by atoms with E-state index in [0.717, 1.165) is 131 Å². The standard InChI is InChI=1S/C27H33Cl2N3O.C22H32N2O2.C21H30N2O2.C20H31NO3.C6H5Cl2N.C6H15NO2.Cl2OS/c1-26-12-10-18-16(6-9-22-27(18,2)13-11-23-30-14-15-32(22)23)17(26)7-8-19(26)25(33)31-24-20(28)4-3-5-21(24)29;1-21-10-8-16-14(15(21)5-6-17(21)20(25)26-3)4-7-18-22(16,2)11-9-19-23-12-13-24(18)19;1-20-9-7-15-13(14(20)4-5-16(20)19(24)25)3-6-17-21(15,2)10-8-18-22-11-12-23(17)18;1-19-10-8-14-12(13(19)5-6-15(19)18(23)24-3)4-7-16-20(14,2)11-9-17(22)21-16;7-4-2-1-3-5(8)6(4)9;1-3-8-6(5-7)9-4-2;1-4(2)3/h3-5,14-19,22H,6-13H2,1-2H3,(H,31,33);12-18H,4-11H2,1-3H3;11-17H,3-10H2,1-2H3,(H,24,25);12-16H,4-11H2,1-3H3,(H,21,22);1-3H,9H2;6H,3-5,7H2,1-2H3;/t16?,17?,18?,19-,22?,26+,27-;14?,15?,16?,17-,18?,21+,22-;13?,14?,15?,16-,17?,20+,21-;12?,13?,14?,15-,16?,19+,20-;;;/m1111.../s1. The quantitative estimate of drug-likeness (QED) is 0.0376. The number of ether oxygens (including phenoxy) is 4. The lowest BCUT2D eigenvalue weighted by Crippen LogP contribution is -2.61. The molecule has 12 saturated carbocycles. The van der Waals surface area contributed by atoms with Crippen LogP contribution in [0.3, 0.4) is 0 Å². The number of esters is 2. The molecule has 21 rings (SSSR count). The topological polar surface area (TPSA) is 289 Å². The number of fused-ring (bicyclic) bond motifs is 26. The molecular weight excluding hydrogens is 1790 g/mol. The first-order valence-electron chi connectivity index (χ1n) is 49.3. The van der Waals surface area contributed by atoms with Gasteiger partial charge >= 0.3 is 17.9 Å². The van der Waals surface area contributed by atoms with Crippen LogP contribution in [0.4, 0.5) is 11.4 Å². The van der Waals surface area contributed by atoms with E-state index in [-0.39, 0.29) is 80.8 Å². The highest BCUT2D eigenvalue weighted by Gasteiger charge is 2.67. The molecule has 5 aromatic rings. The van der Waals surface area contributed by atoms with Gasteiger partial charge in [-0.05, 0) is 332 Å². The number of amides is 2. The van der Waals surface area contributed by atoms with E-state index in [0.29, 0.717) is 128 Å². The highest BCUT2D eigenvalue weighted by Crippen LogP contribution is 2.73. The molecule has 28 atom stereocenters. The lowest BCUT2D eigenvalue weighted by Gasteiger charge is -2.60. The number of benzene rings is 2. The molecule has 2 aromatic carbocycles. The Balaban J connectivity index is 0.000000124. The van der Waals surface area contributed by atoms with E-state index in [1.807, 2.05) is 38.5 Å². The molecule has 2 amide bonds. The van der Waals surface area contributed by atoms with Gasteiger partial charge < -0.3 is 59.9 Å². The molecule has 16 unspecified atom stereocenters. The summed E-state index contributed by atoms with van der Waals surface area (Å²) in [4.78, 5) is 75.6. The van der Waals surface area contributed by atoms with Crippen LogP contribution in [0.1, 0.15) is 291 Å². The van der Waals surface area contributed by atoms with Crippen LogP contribution in [0.2, 0.25) is 20.1 Å². The van der Waals surface area contributed by atoms with Gasteiger partial charge in [0.05, 0.1) is 63.4 Å². The van der Waals surface area contributed by atoms with Crippen molar-refractivity contribution in [2.75, 3.05) is 45.0 Å². The molecule has 130 heavy (non-hydrogen) atoms. The Hall–Kier alpha value is -5.01. The average Bonchev–Trinajstić information content (AvgIpc) is 1.45. The van der Waals surface area contributed by atoms with E-state index in [2.05, 4.69) is 135 Å². The minimum absolute atomic E-state index is 0.00303. The molecule has 7 heterocycles. The van der Waals surface area contributed by atoms with E-state index in [1.165, 1.54) is 134 Å². The number of hydrogen-bond acceptors (Lipinski definition) is 15. The monoisotopic (exact) mass is 1930 g/mol. The number of methoxy groups -OCH3 is 2. The van der Waals surface area contributed by atoms with Gasteiger partial charge in [-0.15, -0.1) is 0 Å². The fraction of sp³-hybridized carbons (Fsp3) is 0.745. The van der Waals surface area contributed by atoms with Gasteiger partial charge in [0.2, 0.25) is 21.0 Å². The number of rotatable bonds is 10. The summed E-state index contributed by atoms with van der Waals surface area (Å²) in [6.07, 6.45) is 49.1. The Kier molecular flexibility index (Phi) is 30.8. The van der Waals surface area contributed by atoms with E-state index >= 15 is 0 Å². The maximum Gasteiger partial charge on any atom is 0.309 e. The minimum atomic E-state index is -1.67. The third-order valence-corrected chi connectivity index (χ3v) is 40.5. The summed E-state index contributed by atoms with van der Waals surface area (Å²) in [6.45, 7) is 25.1. The van der Waals surface area contributed by atoms with E-state index in [4.69, 9.17) is 81.0 Å². The number of nitrogens with one attached hydrogen (secondary N) is 2. The number of anilines is 2. The Labute approximate surface area is 803 Å². The lowest BCUT2D eigenvalue weighted by atomic mass is 9.47. The van der Waals surface area contributed by atoms with Crippen LogP contribution < -0.4 is 22.1 Å². The second-order valence-corrected chi connectivity index (χ2v) is 48.0. The van der Waals surface area contributed by atoms with Crippen molar-refractivity contribution in [1.82, 2.24) is 34.0 Å². The van der Waals surface area contributed by atoms with E-state index < -0.39 is 15.2 Å². The molecule has 3 aromatic heterocycles. The van der Waals surface area contributed by atoms with Crippen molar-refractivity contribution < 1.29 is 52.2 Å². The normalized spacial score (nSPS) is 39.5. The van der Waals surface area contributed by atoms with Crippen LogP contribution in [-0.4, -0.2) is 114 Å². The first-order valence-corrected chi connectivity index (χ1v) is 53.6. The van der Waals surface area contributed by atoms with Gasteiger partial charge in [-0.25, -0.2) is 19.2 Å². The summed E-state index contributed by atoms with van der Waals surface area (Å²) in [7, 11) is 10.4. The molecule has 1 saturated heterocycles. The zero-order valence-electron chi connectivity index (χ0n) is 78.8. The number of aromatic nitrogens is 6. The minimum Gasteiger partial charge on any atom is -0.481 e. The Morgan fingerprint density at radius 1 is 0.469 bits per heavy atom. The number of aryl methyl sites for hydroxylation is 3. The van der Waals surface area contributed by atoms with Gasteiger partial charge in [-0.1, -0.05) is 114 Å². The van der Waals surface area contributed by atoms with Gasteiger partial charge in [0, 0.05) is 134 Å². The largest absolute Gasteiger partial charge is 0.481 e. The highest BCUT2D eigenvalue weighted by atomic mass is 36.0. The molecule has 0 spiro atoms. The van der Waals surface area contributed by atoms with Gasteiger partial charge in [0.15, 0.2) is 6.29 Å². The summed E-state index contributed by atoms with van der Waals surface area (Å²) in [5.41, 5.74) is 13.4. The predicted molar refractivity (Wildman–Crippen MR) is 515 cm³/mol. The molecule has 0 radical (unpaired) electrons. The molecular formula is C102H146Cl6N10O11S. The van der Waals surface area contributed by atoms with Crippen molar-refractivity contribution in [2.45, 2.75) is 305 Å². The number of hydrogen-bond donors (Lipinski definition) is 5. The molecule has 718 valence electrons. The number of nitrogens with two attached hydrogens (primary N) is 2. The SMILES string of the molecule is CCOC(CN)OCC.COC(=O)[C@H]1CCC2C3CCC4NC(=O)CC[C@]4(C)C3CC[C@@]21C.COC(=O)[C@H]1CCC2C3CCC4n5ccnc5CC[C@]4(C)C3CC[C@@]21C.C[C@]12CCc3nccn3C1CCC1C2CC[C@@]2(C)C1CC[C@@H]2C(=O)Nc1c(Cl)cccc1Cl.C[C@]12CCc3nccn3C1CCC1C2CC[C@@]2(C)C1CC[C@@H]2C(=O)O.Nc1c(Cl)cccc1Cl.O=S(Cl)Cl. The molecule has 12 aliphatic carbocycles. The summed E-state index contributed by atoms with van der Waals surface area (Å²) in [5, 5.41) is 18.1. The second kappa shape index (κ2) is 40.2. The Morgan fingerprint density at radius 3 is 1.15 bits per heavy atom. The van der Waals surface area contributed by atoms with Crippen LogP contribution in [0.5, 0.6) is 0 Å². The highest BCUT2D eigenvalue weighted by molar-refractivity contribution is 8.26. The fourth-order valence-corrected chi connectivity index (χ4v) is 33.7.